The Morgan fingerprint density at radius 1 is 1.44 bits per heavy atom. The number of aliphatic hydroxyl groups is 1. The molecule has 3 heteroatoms. The lowest BCUT2D eigenvalue weighted by molar-refractivity contribution is 0.198. The van der Waals surface area contributed by atoms with Gasteiger partial charge in [-0.1, -0.05) is 35.3 Å². The number of nitrogens with zero attached hydrogens (tertiary/aromatic N) is 1. The third kappa shape index (κ3) is 3.49. The van der Waals surface area contributed by atoms with Crippen LogP contribution in [0.2, 0.25) is 0 Å². The molecular formula is C13H20BrNO. The zero-order chi connectivity index (χ0) is 12.1. The van der Waals surface area contributed by atoms with Crippen LogP contribution in [0.5, 0.6) is 0 Å². The van der Waals surface area contributed by atoms with Crippen LogP contribution in [0, 0.1) is 0 Å². The summed E-state index contributed by atoms with van der Waals surface area (Å²) >= 11 is 3.50. The molecule has 1 rings (SSSR count). The molecule has 0 saturated carbocycles. The van der Waals surface area contributed by atoms with Crippen molar-refractivity contribution in [3.8, 4) is 0 Å². The van der Waals surface area contributed by atoms with Crippen molar-refractivity contribution >= 4 is 21.6 Å². The Morgan fingerprint density at radius 2 is 2.12 bits per heavy atom. The summed E-state index contributed by atoms with van der Waals surface area (Å²) in [6.45, 7) is 5.04. The van der Waals surface area contributed by atoms with E-state index in [1.165, 1.54) is 18.5 Å². The summed E-state index contributed by atoms with van der Waals surface area (Å²) in [6, 6.07) is 6.10. The second-order valence-electron chi connectivity index (χ2n) is 4.16. The van der Waals surface area contributed by atoms with Crippen LogP contribution in [-0.2, 0) is 0 Å². The highest BCUT2D eigenvalue weighted by atomic mass is 79.9. The van der Waals surface area contributed by atoms with Gasteiger partial charge >= 0.3 is 0 Å². The van der Waals surface area contributed by atoms with Gasteiger partial charge in [0.05, 0.1) is 6.10 Å². The number of unbranched alkanes of at least 4 members (excludes halogenated alkanes) is 1. The molecule has 90 valence electrons. The fourth-order valence-electron chi connectivity index (χ4n) is 1.62. The Labute approximate surface area is 106 Å². The number of hydrogen-bond donors (Lipinski definition) is 1. The molecule has 0 fully saturated rings. The molecule has 0 bridgehead atoms. The standard InChI is InChI=1S/C13H20BrNO/c1-4-5-8-15(3)11-6-7-12(10(2)16)13(14)9-11/h6-7,9-10,16H,4-5,8H2,1-3H3. The molecule has 2 nitrogen and oxygen atoms in total. The van der Waals surface area contributed by atoms with Gasteiger partial charge in [-0.3, -0.25) is 0 Å². The van der Waals surface area contributed by atoms with Crippen molar-refractivity contribution in [1.82, 2.24) is 0 Å². The molecule has 0 amide bonds. The molecule has 0 aliphatic heterocycles. The van der Waals surface area contributed by atoms with E-state index < -0.39 is 6.10 Å². The lowest BCUT2D eigenvalue weighted by Crippen LogP contribution is -2.18. The predicted octanol–water partition coefficient (Wildman–Crippen LogP) is 3.74. The number of benzene rings is 1. The Hall–Kier alpha value is -0.540. The highest BCUT2D eigenvalue weighted by Gasteiger charge is 2.08. The molecule has 1 atom stereocenters. The van der Waals surface area contributed by atoms with Gasteiger partial charge in [-0.25, -0.2) is 0 Å². The molecule has 1 aromatic carbocycles. The molecule has 0 spiro atoms. The number of aliphatic hydroxyl groups excluding tert-OH is 1. The molecule has 0 heterocycles. The van der Waals surface area contributed by atoms with Crippen molar-refractivity contribution in [2.75, 3.05) is 18.5 Å². The van der Waals surface area contributed by atoms with Gasteiger partial charge in [-0.15, -0.1) is 0 Å². The normalized spacial score (nSPS) is 12.6. The average Bonchev–Trinajstić information content (AvgIpc) is 2.25. The predicted molar refractivity (Wildman–Crippen MR) is 73.0 cm³/mol. The molecule has 1 N–H and O–H groups in total. The van der Waals surface area contributed by atoms with Crippen LogP contribution in [0.3, 0.4) is 0 Å². The monoisotopic (exact) mass is 285 g/mol. The zero-order valence-electron chi connectivity index (χ0n) is 10.2. The van der Waals surface area contributed by atoms with Crippen LogP contribution in [0.15, 0.2) is 22.7 Å². The van der Waals surface area contributed by atoms with E-state index in [0.717, 1.165) is 16.6 Å². The summed E-state index contributed by atoms with van der Waals surface area (Å²) in [5.74, 6) is 0. The minimum absolute atomic E-state index is 0.427. The topological polar surface area (TPSA) is 23.5 Å². The SMILES string of the molecule is CCCCN(C)c1ccc(C(C)O)c(Br)c1. The van der Waals surface area contributed by atoms with Gasteiger partial charge in [-0.2, -0.15) is 0 Å². The van der Waals surface area contributed by atoms with Gasteiger partial charge in [0, 0.05) is 23.8 Å². The average molecular weight is 286 g/mol. The van der Waals surface area contributed by atoms with E-state index in [9.17, 15) is 5.11 Å². The van der Waals surface area contributed by atoms with Crippen LogP contribution < -0.4 is 4.90 Å². The molecule has 0 aromatic heterocycles. The van der Waals surface area contributed by atoms with E-state index in [0.29, 0.717) is 0 Å². The molecular weight excluding hydrogens is 266 g/mol. The number of hydrogen-bond acceptors (Lipinski definition) is 2. The largest absolute Gasteiger partial charge is 0.389 e. The first-order chi connectivity index (χ1) is 7.56. The second kappa shape index (κ2) is 6.26. The lowest BCUT2D eigenvalue weighted by Gasteiger charge is -2.20. The molecule has 16 heavy (non-hydrogen) atoms. The minimum Gasteiger partial charge on any atom is -0.389 e. The summed E-state index contributed by atoms with van der Waals surface area (Å²) < 4.78 is 0.975. The summed E-state index contributed by atoms with van der Waals surface area (Å²) in [5.41, 5.74) is 2.12. The van der Waals surface area contributed by atoms with Crippen LogP contribution in [0.25, 0.3) is 0 Å². The first kappa shape index (κ1) is 13.5. The van der Waals surface area contributed by atoms with Gasteiger partial charge in [0.1, 0.15) is 0 Å². The van der Waals surface area contributed by atoms with Crippen LogP contribution in [0.1, 0.15) is 38.4 Å². The highest BCUT2D eigenvalue weighted by Crippen LogP contribution is 2.27. The quantitative estimate of drug-likeness (QED) is 0.891. The van der Waals surface area contributed by atoms with Crippen LogP contribution in [-0.4, -0.2) is 18.7 Å². The third-order valence-corrected chi connectivity index (χ3v) is 3.41. The first-order valence-electron chi connectivity index (χ1n) is 5.75. The van der Waals surface area contributed by atoms with Crippen molar-refractivity contribution in [3.05, 3.63) is 28.2 Å². The highest BCUT2D eigenvalue weighted by molar-refractivity contribution is 9.10. The number of anilines is 1. The zero-order valence-corrected chi connectivity index (χ0v) is 11.8. The van der Waals surface area contributed by atoms with Gasteiger partial charge in [0.15, 0.2) is 0 Å². The molecule has 0 radical (unpaired) electrons. The maximum Gasteiger partial charge on any atom is 0.0772 e. The minimum atomic E-state index is -0.427. The van der Waals surface area contributed by atoms with Gasteiger partial charge in [0.2, 0.25) is 0 Å². The van der Waals surface area contributed by atoms with E-state index in [2.05, 4.69) is 46.9 Å². The van der Waals surface area contributed by atoms with E-state index in [-0.39, 0.29) is 0 Å². The van der Waals surface area contributed by atoms with E-state index in [4.69, 9.17) is 0 Å². The molecule has 0 aliphatic carbocycles. The van der Waals surface area contributed by atoms with E-state index in [1.54, 1.807) is 6.92 Å². The smallest absolute Gasteiger partial charge is 0.0772 e. The fourth-order valence-corrected chi connectivity index (χ4v) is 2.31. The summed E-state index contributed by atoms with van der Waals surface area (Å²) in [5, 5.41) is 9.53. The van der Waals surface area contributed by atoms with Crippen LogP contribution >= 0.6 is 15.9 Å². The van der Waals surface area contributed by atoms with Crippen LogP contribution in [0.4, 0.5) is 5.69 Å². The number of halogens is 1. The van der Waals surface area contributed by atoms with Crippen molar-refractivity contribution in [1.29, 1.82) is 0 Å². The lowest BCUT2D eigenvalue weighted by atomic mass is 10.1. The van der Waals surface area contributed by atoms with Gasteiger partial charge in [0.25, 0.3) is 0 Å². The molecule has 1 aromatic rings. The number of rotatable bonds is 5. The summed E-state index contributed by atoms with van der Waals surface area (Å²) in [6.07, 6.45) is 1.98. The molecule has 0 saturated heterocycles. The van der Waals surface area contributed by atoms with E-state index >= 15 is 0 Å². The van der Waals surface area contributed by atoms with Gasteiger partial charge < -0.3 is 10.0 Å². The summed E-state index contributed by atoms with van der Waals surface area (Å²) in [7, 11) is 2.10. The van der Waals surface area contributed by atoms with Crippen molar-refractivity contribution in [3.63, 3.8) is 0 Å². The van der Waals surface area contributed by atoms with Crippen molar-refractivity contribution < 1.29 is 5.11 Å². The van der Waals surface area contributed by atoms with Crippen molar-refractivity contribution in [2.24, 2.45) is 0 Å². The Balaban J connectivity index is 2.80. The maximum absolute atomic E-state index is 9.53. The third-order valence-electron chi connectivity index (χ3n) is 2.72. The first-order valence-corrected chi connectivity index (χ1v) is 6.54. The van der Waals surface area contributed by atoms with Crippen molar-refractivity contribution in [2.45, 2.75) is 32.8 Å². The summed E-state index contributed by atoms with van der Waals surface area (Å²) in [4.78, 5) is 2.24. The fraction of sp³-hybridized carbons (Fsp3) is 0.538. The Kier molecular flexibility index (Phi) is 5.29. The van der Waals surface area contributed by atoms with Gasteiger partial charge in [-0.05, 0) is 31.0 Å². The molecule has 1 unspecified atom stereocenters. The second-order valence-corrected chi connectivity index (χ2v) is 5.01. The Bertz CT molecular complexity index is 339. The maximum atomic E-state index is 9.53. The van der Waals surface area contributed by atoms with E-state index in [1.807, 2.05) is 6.07 Å². The molecule has 0 aliphatic rings. The Morgan fingerprint density at radius 3 is 2.62 bits per heavy atom.